The molecule has 2 N–H and O–H groups in total. The van der Waals surface area contributed by atoms with Gasteiger partial charge in [0, 0.05) is 13.6 Å². The average molecular weight is 238 g/mol. The Morgan fingerprint density at radius 2 is 2.24 bits per heavy atom. The standard InChI is InChI=1S/C10H18N6O/c1-11-5-3-4-6-16(2)10-8-12-7-9(13-10)14-15-17/h7-8,11H,3-6H2,1-2H3,(H,13,14,17). The lowest BCUT2D eigenvalue weighted by molar-refractivity contribution is 0.668. The van der Waals surface area contributed by atoms with Crippen molar-refractivity contribution < 1.29 is 0 Å². The molecule has 1 heterocycles. The predicted octanol–water partition coefficient (Wildman–Crippen LogP) is 1.01. The second kappa shape index (κ2) is 7.50. The third kappa shape index (κ3) is 4.73. The number of unbranched alkanes of at least 4 members (excludes halogenated alkanes) is 1. The molecule has 0 atom stereocenters. The highest BCUT2D eigenvalue weighted by Crippen LogP contribution is 2.11. The van der Waals surface area contributed by atoms with Gasteiger partial charge in [0.1, 0.15) is 5.82 Å². The molecule has 0 aromatic carbocycles. The van der Waals surface area contributed by atoms with Gasteiger partial charge in [-0.05, 0) is 26.4 Å². The van der Waals surface area contributed by atoms with Crippen LogP contribution in [0.2, 0.25) is 0 Å². The van der Waals surface area contributed by atoms with E-state index in [-0.39, 0.29) is 0 Å². The molecule has 7 nitrogen and oxygen atoms in total. The minimum absolute atomic E-state index is 0.361. The lowest BCUT2D eigenvalue weighted by atomic mass is 10.3. The quantitative estimate of drug-likeness (QED) is 0.399. The molecule has 1 aromatic rings. The van der Waals surface area contributed by atoms with Gasteiger partial charge < -0.3 is 10.2 Å². The van der Waals surface area contributed by atoms with E-state index in [1.807, 2.05) is 19.0 Å². The van der Waals surface area contributed by atoms with Crippen LogP contribution in [0.15, 0.2) is 17.7 Å². The SMILES string of the molecule is CNCCCCN(C)c1cncc(NN=O)n1. The summed E-state index contributed by atoms with van der Waals surface area (Å²) >= 11 is 0. The van der Waals surface area contributed by atoms with Gasteiger partial charge in [0.05, 0.1) is 17.7 Å². The van der Waals surface area contributed by atoms with Crippen molar-refractivity contribution in [3.8, 4) is 0 Å². The average Bonchev–Trinajstić information content (AvgIpc) is 2.35. The molecule has 0 radical (unpaired) electrons. The number of nitroso groups, excluding NO2 is 1. The van der Waals surface area contributed by atoms with Crippen molar-refractivity contribution in [2.75, 3.05) is 37.5 Å². The Morgan fingerprint density at radius 3 is 2.94 bits per heavy atom. The summed E-state index contributed by atoms with van der Waals surface area (Å²) in [7, 11) is 3.89. The van der Waals surface area contributed by atoms with Crippen LogP contribution in [0.4, 0.5) is 11.6 Å². The van der Waals surface area contributed by atoms with E-state index >= 15 is 0 Å². The van der Waals surface area contributed by atoms with Gasteiger partial charge in [0.15, 0.2) is 5.82 Å². The van der Waals surface area contributed by atoms with Crippen LogP contribution in [-0.4, -0.2) is 37.2 Å². The monoisotopic (exact) mass is 238 g/mol. The van der Waals surface area contributed by atoms with Crippen LogP contribution in [0.5, 0.6) is 0 Å². The van der Waals surface area contributed by atoms with Crippen LogP contribution in [-0.2, 0) is 0 Å². The Balaban J connectivity index is 2.47. The molecule has 7 heteroatoms. The van der Waals surface area contributed by atoms with Crippen molar-refractivity contribution in [2.24, 2.45) is 5.29 Å². The summed E-state index contributed by atoms with van der Waals surface area (Å²) in [5.74, 6) is 1.09. The number of nitrogens with zero attached hydrogens (tertiary/aromatic N) is 4. The van der Waals surface area contributed by atoms with E-state index in [1.165, 1.54) is 6.20 Å². The van der Waals surface area contributed by atoms with E-state index in [0.29, 0.717) is 5.82 Å². The highest BCUT2D eigenvalue weighted by atomic mass is 16.3. The van der Waals surface area contributed by atoms with E-state index in [0.717, 1.165) is 31.7 Å². The van der Waals surface area contributed by atoms with Gasteiger partial charge in [-0.3, -0.25) is 4.98 Å². The van der Waals surface area contributed by atoms with Crippen LogP contribution < -0.4 is 15.6 Å². The zero-order valence-corrected chi connectivity index (χ0v) is 10.2. The zero-order chi connectivity index (χ0) is 12.5. The molecule has 0 fully saturated rings. The second-order valence-corrected chi connectivity index (χ2v) is 3.70. The smallest absolute Gasteiger partial charge is 0.169 e. The fourth-order valence-corrected chi connectivity index (χ4v) is 1.41. The number of hydrogen-bond donors (Lipinski definition) is 2. The van der Waals surface area contributed by atoms with Crippen LogP contribution in [0.1, 0.15) is 12.8 Å². The van der Waals surface area contributed by atoms with E-state index in [2.05, 4.69) is 26.0 Å². The molecule has 0 aliphatic heterocycles. The number of nitrogens with one attached hydrogen (secondary N) is 2. The van der Waals surface area contributed by atoms with Gasteiger partial charge in [-0.15, -0.1) is 4.91 Å². The maximum Gasteiger partial charge on any atom is 0.169 e. The summed E-state index contributed by atoms with van der Waals surface area (Å²) in [4.78, 5) is 20.2. The van der Waals surface area contributed by atoms with E-state index in [9.17, 15) is 4.91 Å². The molecule has 1 aromatic heterocycles. The van der Waals surface area contributed by atoms with Crippen LogP contribution >= 0.6 is 0 Å². The van der Waals surface area contributed by atoms with Gasteiger partial charge in [-0.1, -0.05) is 0 Å². The molecule has 0 saturated heterocycles. The topological polar surface area (TPSA) is 82.5 Å². The highest BCUT2D eigenvalue weighted by Gasteiger charge is 2.04. The second-order valence-electron chi connectivity index (χ2n) is 3.70. The molecule has 0 aliphatic rings. The normalized spacial score (nSPS) is 10.0. The Hall–Kier alpha value is -1.76. The van der Waals surface area contributed by atoms with Gasteiger partial charge in [0.25, 0.3) is 0 Å². The zero-order valence-electron chi connectivity index (χ0n) is 10.2. The van der Waals surface area contributed by atoms with Crippen molar-refractivity contribution in [1.82, 2.24) is 15.3 Å². The lowest BCUT2D eigenvalue weighted by Gasteiger charge is -2.17. The summed E-state index contributed by atoms with van der Waals surface area (Å²) in [5.41, 5.74) is 2.24. The Bertz CT molecular complexity index is 345. The van der Waals surface area contributed by atoms with Crippen molar-refractivity contribution in [3.63, 3.8) is 0 Å². The summed E-state index contributed by atoms with van der Waals surface area (Å²) < 4.78 is 0. The Labute approximate surface area is 101 Å². The van der Waals surface area contributed by atoms with Gasteiger partial charge >= 0.3 is 0 Å². The largest absolute Gasteiger partial charge is 0.358 e. The fraction of sp³-hybridized carbons (Fsp3) is 0.600. The maximum atomic E-state index is 10.0. The van der Waals surface area contributed by atoms with Crippen molar-refractivity contribution in [3.05, 3.63) is 17.3 Å². The molecular weight excluding hydrogens is 220 g/mol. The molecule has 17 heavy (non-hydrogen) atoms. The Kier molecular flexibility index (Phi) is 5.87. The number of anilines is 2. The van der Waals surface area contributed by atoms with E-state index in [1.54, 1.807) is 6.20 Å². The summed E-state index contributed by atoms with van der Waals surface area (Å²) in [6.45, 7) is 1.91. The van der Waals surface area contributed by atoms with Crippen molar-refractivity contribution in [1.29, 1.82) is 0 Å². The van der Waals surface area contributed by atoms with Crippen molar-refractivity contribution >= 4 is 11.6 Å². The molecule has 0 unspecified atom stereocenters. The molecule has 94 valence electrons. The lowest BCUT2D eigenvalue weighted by Crippen LogP contribution is -2.21. The third-order valence-corrected chi connectivity index (χ3v) is 2.34. The molecule has 1 rings (SSSR count). The first kappa shape index (κ1) is 13.3. The maximum absolute atomic E-state index is 10.0. The van der Waals surface area contributed by atoms with E-state index in [4.69, 9.17) is 0 Å². The minimum atomic E-state index is 0.361. The van der Waals surface area contributed by atoms with Crippen LogP contribution in [0.3, 0.4) is 0 Å². The number of aromatic nitrogens is 2. The predicted molar refractivity (Wildman–Crippen MR) is 67.9 cm³/mol. The Morgan fingerprint density at radius 1 is 1.41 bits per heavy atom. The van der Waals surface area contributed by atoms with Gasteiger partial charge in [-0.25, -0.2) is 10.4 Å². The first-order chi connectivity index (χ1) is 8.27. The van der Waals surface area contributed by atoms with Crippen LogP contribution in [0, 0.1) is 4.91 Å². The number of hydrogen-bond acceptors (Lipinski definition) is 6. The fourth-order valence-electron chi connectivity index (χ4n) is 1.41. The summed E-state index contributed by atoms with van der Waals surface area (Å²) in [5, 5.41) is 5.67. The number of rotatable bonds is 8. The first-order valence-electron chi connectivity index (χ1n) is 5.54. The van der Waals surface area contributed by atoms with Crippen molar-refractivity contribution in [2.45, 2.75) is 12.8 Å². The minimum Gasteiger partial charge on any atom is -0.358 e. The molecule has 0 aliphatic carbocycles. The highest BCUT2D eigenvalue weighted by molar-refractivity contribution is 5.42. The molecule has 0 spiro atoms. The molecule has 0 amide bonds. The molecular formula is C10H18N6O. The van der Waals surface area contributed by atoms with Gasteiger partial charge in [-0.2, -0.15) is 0 Å². The van der Waals surface area contributed by atoms with Crippen LogP contribution in [0.25, 0.3) is 0 Å². The van der Waals surface area contributed by atoms with Gasteiger partial charge in [0.2, 0.25) is 0 Å². The molecule has 0 bridgehead atoms. The summed E-state index contributed by atoms with van der Waals surface area (Å²) in [6.07, 6.45) is 5.30. The first-order valence-corrected chi connectivity index (χ1v) is 5.54. The summed E-state index contributed by atoms with van der Waals surface area (Å²) in [6, 6.07) is 0. The van der Waals surface area contributed by atoms with E-state index < -0.39 is 0 Å². The molecule has 0 saturated carbocycles. The third-order valence-electron chi connectivity index (χ3n) is 2.34.